The summed E-state index contributed by atoms with van der Waals surface area (Å²) in [5.74, 6) is 0. The molecule has 3 aromatic rings. The molecule has 0 bridgehead atoms. The van der Waals surface area contributed by atoms with Crippen molar-refractivity contribution in [2.24, 2.45) is 7.05 Å². The largest absolute Gasteiger partial charge is 0.465 e. The highest BCUT2D eigenvalue weighted by molar-refractivity contribution is 5.74. The minimum absolute atomic E-state index is 0.494. The van der Waals surface area contributed by atoms with Crippen molar-refractivity contribution in [3.8, 4) is 11.3 Å². The SMILES string of the molecule is Cn1cc(-c2ccc3c(N4CCN(C(=O)O)CC4)cnn3n2)cn1. The summed E-state index contributed by atoms with van der Waals surface area (Å²) in [5.41, 5.74) is 3.63. The second-order valence-electron chi connectivity index (χ2n) is 5.78. The summed E-state index contributed by atoms with van der Waals surface area (Å²) in [7, 11) is 1.87. The predicted octanol–water partition coefficient (Wildman–Crippen LogP) is 0.930. The summed E-state index contributed by atoms with van der Waals surface area (Å²) in [6.45, 7) is 2.29. The van der Waals surface area contributed by atoms with E-state index >= 15 is 0 Å². The first-order valence-corrected chi connectivity index (χ1v) is 7.69. The Labute approximate surface area is 137 Å². The molecule has 0 radical (unpaired) electrons. The molecule has 0 atom stereocenters. The van der Waals surface area contributed by atoms with Crippen LogP contribution in [0.3, 0.4) is 0 Å². The summed E-state index contributed by atoms with van der Waals surface area (Å²) in [6.07, 6.45) is 4.59. The van der Waals surface area contributed by atoms with Gasteiger partial charge in [-0.25, -0.2) is 4.79 Å². The first-order chi connectivity index (χ1) is 11.6. The van der Waals surface area contributed by atoms with Gasteiger partial charge in [-0.1, -0.05) is 0 Å². The van der Waals surface area contributed by atoms with Gasteiger partial charge in [0.1, 0.15) is 5.52 Å². The number of hydrogen-bond donors (Lipinski definition) is 1. The van der Waals surface area contributed by atoms with Crippen LogP contribution in [0, 0.1) is 0 Å². The zero-order valence-electron chi connectivity index (χ0n) is 13.2. The second kappa shape index (κ2) is 5.52. The van der Waals surface area contributed by atoms with Crippen LogP contribution in [0.1, 0.15) is 0 Å². The van der Waals surface area contributed by atoms with Gasteiger partial charge in [-0.3, -0.25) is 4.68 Å². The molecule has 1 N–H and O–H groups in total. The number of hydrogen-bond acceptors (Lipinski definition) is 5. The third-order valence-corrected chi connectivity index (χ3v) is 4.26. The Morgan fingerprint density at radius 2 is 1.92 bits per heavy atom. The lowest BCUT2D eigenvalue weighted by Crippen LogP contribution is -2.48. The highest BCUT2D eigenvalue weighted by Gasteiger charge is 2.22. The average molecular weight is 327 g/mol. The minimum Gasteiger partial charge on any atom is -0.465 e. The van der Waals surface area contributed by atoms with Gasteiger partial charge >= 0.3 is 6.09 Å². The Balaban J connectivity index is 1.61. The molecular weight excluding hydrogens is 310 g/mol. The summed E-state index contributed by atoms with van der Waals surface area (Å²) in [6, 6.07) is 3.94. The number of anilines is 1. The number of nitrogens with zero attached hydrogens (tertiary/aromatic N) is 7. The van der Waals surface area contributed by atoms with Gasteiger partial charge in [-0.05, 0) is 12.1 Å². The van der Waals surface area contributed by atoms with E-state index in [-0.39, 0.29) is 0 Å². The Morgan fingerprint density at radius 1 is 1.12 bits per heavy atom. The fraction of sp³-hybridized carbons (Fsp3) is 0.333. The van der Waals surface area contributed by atoms with E-state index in [0.717, 1.165) is 22.5 Å². The molecule has 24 heavy (non-hydrogen) atoms. The molecular formula is C15H17N7O2. The smallest absolute Gasteiger partial charge is 0.407 e. The monoisotopic (exact) mass is 327 g/mol. The molecule has 9 nitrogen and oxygen atoms in total. The molecule has 3 aromatic heterocycles. The molecule has 0 unspecified atom stereocenters. The van der Waals surface area contributed by atoms with Crippen molar-refractivity contribution in [3.05, 3.63) is 30.7 Å². The highest BCUT2D eigenvalue weighted by Crippen LogP contribution is 2.24. The Hall–Kier alpha value is -3.10. The molecule has 0 spiro atoms. The summed E-state index contributed by atoms with van der Waals surface area (Å²) < 4.78 is 3.35. The molecule has 1 aliphatic heterocycles. The van der Waals surface area contributed by atoms with Crippen molar-refractivity contribution in [1.29, 1.82) is 0 Å². The second-order valence-corrected chi connectivity index (χ2v) is 5.78. The highest BCUT2D eigenvalue weighted by atomic mass is 16.4. The number of aryl methyl sites for hydroxylation is 1. The van der Waals surface area contributed by atoms with Gasteiger partial charge in [0.05, 0.1) is 23.8 Å². The predicted molar refractivity (Wildman–Crippen MR) is 87.0 cm³/mol. The first kappa shape index (κ1) is 14.5. The maximum Gasteiger partial charge on any atom is 0.407 e. The standard InChI is InChI=1S/C15H17N7O2/c1-19-10-11(8-16-19)12-2-3-13-14(9-17-22(13)18-12)20-4-6-21(7-5-20)15(23)24/h2-3,8-10H,4-7H2,1H3,(H,23,24). The summed E-state index contributed by atoms with van der Waals surface area (Å²) in [4.78, 5) is 14.6. The number of piperazine rings is 1. The average Bonchev–Trinajstić information content (AvgIpc) is 3.20. The number of rotatable bonds is 2. The van der Waals surface area contributed by atoms with Gasteiger partial charge in [0.2, 0.25) is 0 Å². The van der Waals surface area contributed by atoms with E-state index < -0.39 is 6.09 Å². The molecule has 0 aromatic carbocycles. The molecule has 0 aliphatic carbocycles. The van der Waals surface area contributed by atoms with E-state index in [4.69, 9.17) is 5.11 Å². The van der Waals surface area contributed by atoms with E-state index in [1.807, 2.05) is 25.4 Å². The molecule has 124 valence electrons. The minimum atomic E-state index is -0.864. The van der Waals surface area contributed by atoms with E-state index in [9.17, 15) is 4.79 Å². The van der Waals surface area contributed by atoms with E-state index in [2.05, 4.69) is 20.2 Å². The Bertz CT molecular complexity index is 892. The van der Waals surface area contributed by atoms with Crippen LogP contribution in [-0.4, -0.2) is 66.9 Å². The topological polar surface area (TPSA) is 91.8 Å². The summed E-state index contributed by atoms with van der Waals surface area (Å²) in [5, 5.41) is 22.1. The van der Waals surface area contributed by atoms with Crippen molar-refractivity contribution in [2.75, 3.05) is 31.1 Å². The van der Waals surface area contributed by atoms with Crippen molar-refractivity contribution in [3.63, 3.8) is 0 Å². The zero-order valence-corrected chi connectivity index (χ0v) is 13.2. The van der Waals surface area contributed by atoms with E-state index in [1.54, 1.807) is 21.7 Å². The van der Waals surface area contributed by atoms with Crippen molar-refractivity contribution < 1.29 is 9.90 Å². The lowest BCUT2D eigenvalue weighted by Gasteiger charge is -2.33. The van der Waals surface area contributed by atoms with E-state index in [1.165, 1.54) is 4.90 Å². The molecule has 1 amide bonds. The van der Waals surface area contributed by atoms with Crippen LogP contribution in [0.25, 0.3) is 16.8 Å². The van der Waals surface area contributed by atoms with Gasteiger partial charge in [-0.15, -0.1) is 9.73 Å². The Morgan fingerprint density at radius 3 is 2.58 bits per heavy atom. The lowest BCUT2D eigenvalue weighted by molar-refractivity contribution is 0.142. The number of aromatic nitrogens is 5. The van der Waals surface area contributed by atoms with Crippen LogP contribution in [-0.2, 0) is 7.05 Å². The normalized spacial score (nSPS) is 15.2. The van der Waals surface area contributed by atoms with Gasteiger partial charge in [0, 0.05) is 45.0 Å². The van der Waals surface area contributed by atoms with E-state index in [0.29, 0.717) is 26.2 Å². The zero-order chi connectivity index (χ0) is 16.7. The van der Waals surface area contributed by atoms with Gasteiger partial charge in [-0.2, -0.15) is 10.2 Å². The summed E-state index contributed by atoms with van der Waals surface area (Å²) >= 11 is 0. The Kier molecular flexibility index (Phi) is 3.33. The van der Waals surface area contributed by atoms with Crippen molar-refractivity contribution >= 4 is 17.3 Å². The van der Waals surface area contributed by atoms with Gasteiger partial charge < -0.3 is 14.9 Å². The molecule has 1 fully saturated rings. The number of amides is 1. The van der Waals surface area contributed by atoms with Crippen LogP contribution in [0.2, 0.25) is 0 Å². The van der Waals surface area contributed by atoms with Crippen LogP contribution in [0.5, 0.6) is 0 Å². The van der Waals surface area contributed by atoms with Crippen LogP contribution >= 0.6 is 0 Å². The van der Waals surface area contributed by atoms with Crippen molar-refractivity contribution in [1.82, 2.24) is 29.5 Å². The fourth-order valence-electron chi connectivity index (χ4n) is 2.95. The first-order valence-electron chi connectivity index (χ1n) is 7.69. The fourth-order valence-corrected chi connectivity index (χ4v) is 2.95. The quantitative estimate of drug-likeness (QED) is 0.753. The maximum absolute atomic E-state index is 11.0. The lowest BCUT2D eigenvalue weighted by atomic mass is 10.2. The maximum atomic E-state index is 11.0. The number of carbonyl (C=O) groups is 1. The molecule has 4 rings (SSSR count). The molecule has 4 heterocycles. The van der Waals surface area contributed by atoms with Gasteiger partial charge in [0.25, 0.3) is 0 Å². The van der Waals surface area contributed by atoms with Crippen molar-refractivity contribution in [2.45, 2.75) is 0 Å². The molecule has 9 heteroatoms. The van der Waals surface area contributed by atoms with Crippen LogP contribution < -0.4 is 4.90 Å². The molecule has 1 saturated heterocycles. The third-order valence-electron chi connectivity index (χ3n) is 4.26. The molecule has 1 aliphatic rings. The van der Waals surface area contributed by atoms with Crippen LogP contribution in [0.15, 0.2) is 30.7 Å². The molecule has 0 saturated carbocycles. The third kappa shape index (κ3) is 2.43. The van der Waals surface area contributed by atoms with Crippen LogP contribution in [0.4, 0.5) is 10.5 Å². The number of fused-ring (bicyclic) bond motifs is 1. The number of carboxylic acid groups (broad SMARTS) is 1. The van der Waals surface area contributed by atoms with Gasteiger partial charge in [0.15, 0.2) is 0 Å².